The Labute approximate surface area is 166 Å². The molecule has 6 nitrogen and oxygen atoms in total. The van der Waals surface area contributed by atoms with E-state index in [-0.39, 0.29) is 5.82 Å². The minimum atomic E-state index is -0.399. The van der Waals surface area contributed by atoms with Gasteiger partial charge in [-0.15, -0.1) is 0 Å². The molecule has 3 N–H and O–H groups in total. The van der Waals surface area contributed by atoms with Crippen LogP contribution in [0.2, 0.25) is 10.0 Å². The van der Waals surface area contributed by atoms with Gasteiger partial charge in [-0.1, -0.05) is 41.4 Å². The van der Waals surface area contributed by atoms with Crippen LogP contribution in [-0.4, -0.2) is 23.0 Å². The van der Waals surface area contributed by atoms with Gasteiger partial charge in [0.25, 0.3) is 0 Å². The van der Waals surface area contributed by atoms with E-state index in [1.165, 1.54) is 7.11 Å². The second kappa shape index (κ2) is 8.24. The maximum absolute atomic E-state index is 11.5. The van der Waals surface area contributed by atoms with Gasteiger partial charge in [-0.3, -0.25) is 0 Å². The van der Waals surface area contributed by atoms with Crippen molar-refractivity contribution < 1.29 is 9.53 Å². The highest BCUT2D eigenvalue weighted by Crippen LogP contribution is 2.27. The van der Waals surface area contributed by atoms with Crippen LogP contribution < -0.4 is 11.1 Å². The van der Waals surface area contributed by atoms with Gasteiger partial charge in [-0.2, -0.15) is 0 Å². The van der Waals surface area contributed by atoms with Crippen LogP contribution in [0, 0.1) is 0 Å². The second-order valence-electron chi connectivity index (χ2n) is 5.61. The molecule has 1 heterocycles. The van der Waals surface area contributed by atoms with Crippen LogP contribution in [0.25, 0.3) is 11.3 Å². The topological polar surface area (TPSA) is 90.1 Å². The van der Waals surface area contributed by atoms with Gasteiger partial charge in [-0.05, 0) is 24.3 Å². The predicted octanol–water partition coefficient (Wildman–Crippen LogP) is 4.43. The van der Waals surface area contributed by atoms with Crippen molar-refractivity contribution in [2.45, 2.75) is 6.54 Å². The molecule has 3 rings (SSSR count). The van der Waals surface area contributed by atoms with Crippen LogP contribution in [0.4, 0.5) is 11.6 Å². The van der Waals surface area contributed by atoms with E-state index in [0.717, 1.165) is 11.1 Å². The highest BCUT2D eigenvalue weighted by Gasteiger charge is 2.11. The molecule has 0 bridgehead atoms. The number of aromatic nitrogens is 2. The Morgan fingerprint density at radius 3 is 2.44 bits per heavy atom. The van der Waals surface area contributed by atoms with E-state index in [0.29, 0.717) is 33.7 Å². The molecular weight excluding hydrogens is 387 g/mol. The number of benzene rings is 2. The average Bonchev–Trinajstić information content (AvgIpc) is 2.68. The third-order valence-corrected chi connectivity index (χ3v) is 4.61. The van der Waals surface area contributed by atoms with Crippen LogP contribution in [0.5, 0.6) is 0 Å². The Bertz CT molecular complexity index is 958. The number of carbonyl (C=O) groups is 1. The number of nitrogens with zero attached hydrogens (tertiary/aromatic N) is 2. The van der Waals surface area contributed by atoms with E-state index in [4.69, 9.17) is 33.7 Å². The molecule has 0 saturated heterocycles. The molecule has 2 aromatic carbocycles. The fraction of sp³-hybridized carbons (Fsp3) is 0.105. The zero-order valence-corrected chi connectivity index (χ0v) is 15.9. The molecule has 0 atom stereocenters. The smallest absolute Gasteiger partial charge is 0.337 e. The molecular formula is C19H16Cl2N4O2. The molecule has 8 heteroatoms. The Hall–Kier alpha value is -2.83. The monoisotopic (exact) mass is 402 g/mol. The summed E-state index contributed by atoms with van der Waals surface area (Å²) < 4.78 is 4.69. The number of halogens is 2. The molecule has 27 heavy (non-hydrogen) atoms. The summed E-state index contributed by atoms with van der Waals surface area (Å²) >= 11 is 12.4. The number of nitrogens with one attached hydrogen (secondary N) is 1. The van der Waals surface area contributed by atoms with Crippen molar-refractivity contribution in [2.24, 2.45) is 0 Å². The first kappa shape index (κ1) is 18.9. The molecule has 0 aliphatic heterocycles. The maximum atomic E-state index is 11.5. The number of nitrogens with two attached hydrogens (primary N) is 1. The number of ether oxygens (including phenoxy) is 1. The zero-order valence-electron chi connectivity index (χ0n) is 14.4. The van der Waals surface area contributed by atoms with Crippen LogP contribution in [0.1, 0.15) is 15.9 Å². The van der Waals surface area contributed by atoms with Crippen molar-refractivity contribution in [3.8, 4) is 11.3 Å². The highest BCUT2D eigenvalue weighted by molar-refractivity contribution is 6.36. The number of nitrogen functional groups attached to an aromatic ring is 1. The summed E-state index contributed by atoms with van der Waals surface area (Å²) in [5, 5.41) is 4.22. The average molecular weight is 403 g/mol. The van der Waals surface area contributed by atoms with Gasteiger partial charge in [-0.25, -0.2) is 14.8 Å². The van der Waals surface area contributed by atoms with E-state index < -0.39 is 5.97 Å². The van der Waals surface area contributed by atoms with Crippen LogP contribution in [0.3, 0.4) is 0 Å². The summed E-state index contributed by atoms with van der Waals surface area (Å²) in [6.45, 7) is 0.349. The van der Waals surface area contributed by atoms with E-state index in [1.807, 2.05) is 0 Å². The van der Waals surface area contributed by atoms with Crippen molar-refractivity contribution in [1.29, 1.82) is 0 Å². The number of anilines is 2. The lowest BCUT2D eigenvalue weighted by Gasteiger charge is -2.12. The molecule has 0 amide bonds. The molecule has 0 saturated carbocycles. The SMILES string of the molecule is COC(=O)c1ccc(-c2cnc(N)c(NCc3c(Cl)cccc3Cl)n2)cc1. The molecule has 3 aromatic rings. The summed E-state index contributed by atoms with van der Waals surface area (Å²) in [6.07, 6.45) is 1.57. The summed E-state index contributed by atoms with van der Waals surface area (Å²) in [6, 6.07) is 12.2. The van der Waals surface area contributed by atoms with Crippen LogP contribution in [0.15, 0.2) is 48.7 Å². The van der Waals surface area contributed by atoms with E-state index in [9.17, 15) is 4.79 Å². The van der Waals surface area contributed by atoms with Crippen LogP contribution >= 0.6 is 23.2 Å². The summed E-state index contributed by atoms with van der Waals surface area (Å²) in [5.74, 6) is 0.276. The molecule has 0 aliphatic carbocycles. The number of carbonyl (C=O) groups excluding carboxylic acids is 1. The van der Waals surface area contributed by atoms with Gasteiger partial charge >= 0.3 is 5.97 Å². The molecule has 0 spiro atoms. The number of hydrogen-bond acceptors (Lipinski definition) is 6. The minimum absolute atomic E-state index is 0.258. The lowest BCUT2D eigenvalue weighted by molar-refractivity contribution is 0.0601. The van der Waals surface area contributed by atoms with Gasteiger partial charge in [0.1, 0.15) is 0 Å². The standard InChI is InChI=1S/C19H16Cl2N4O2/c1-27-19(26)12-7-5-11(6-8-12)16-10-23-17(22)18(25-16)24-9-13-14(20)3-2-4-15(13)21/h2-8,10H,9H2,1H3,(H2,22,23)(H,24,25). The first-order valence-electron chi connectivity index (χ1n) is 7.97. The first-order chi connectivity index (χ1) is 13.0. The van der Waals surface area contributed by atoms with E-state index in [1.54, 1.807) is 48.7 Å². The Morgan fingerprint density at radius 2 is 1.81 bits per heavy atom. The zero-order chi connectivity index (χ0) is 19.4. The molecule has 0 unspecified atom stereocenters. The van der Waals surface area contributed by atoms with E-state index in [2.05, 4.69) is 15.3 Å². The Morgan fingerprint density at radius 1 is 1.15 bits per heavy atom. The summed E-state index contributed by atoms with van der Waals surface area (Å²) in [4.78, 5) is 20.2. The van der Waals surface area contributed by atoms with E-state index >= 15 is 0 Å². The molecule has 138 valence electrons. The number of hydrogen-bond donors (Lipinski definition) is 2. The molecule has 1 aromatic heterocycles. The van der Waals surface area contributed by atoms with Gasteiger partial charge in [0, 0.05) is 27.7 Å². The lowest BCUT2D eigenvalue weighted by Crippen LogP contribution is -2.07. The van der Waals surface area contributed by atoms with Gasteiger partial charge in [0.05, 0.1) is 24.6 Å². The molecule has 0 radical (unpaired) electrons. The fourth-order valence-electron chi connectivity index (χ4n) is 2.44. The summed E-state index contributed by atoms with van der Waals surface area (Å²) in [5.41, 5.74) is 8.52. The normalized spacial score (nSPS) is 10.5. The third kappa shape index (κ3) is 4.30. The highest BCUT2D eigenvalue weighted by atomic mass is 35.5. The third-order valence-electron chi connectivity index (χ3n) is 3.90. The van der Waals surface area contributed by atoms with Gasteiger partial charge < -0.3 is 15.8 Å². The van der Waals surface area contributed by atoms with Crippen molar-refractivity contribution in [3.63, 3.8) is 0 Å². The predicted molar refractivity (Wildman–Crippen MR) is 107 cm³/mol. The van der Waals surface area contributed by atoms with Gasteiger partial charge in [0.2, 0.25) is 0 Å². The van der Waals surface area contributed by atoms with Crippen molar-refractivity contribution >= 4 is 40.8 Å². The second-order valence-corrected chi connectivity index (χ2v) is 6.43. The maximum Gasteiger partial charge on any atom is 0.337 e. The molecule has 0 fully saturated rings. The Balaban J connectivity index is 1.83. The first-order valence-corrected chi connectivity index (χ1v) is 8.73. The number of rotatable bonds is 5. The van der Waals surface area contributed by atoms with Crippen molar-refractivity contribution in [1.82, 2.24) is 9.97 Å². The minimum Gasteiger partial charge on any atom is -0.465 e. The van der Waals surface area contributed by atoms with Gasteiger partial charge in [0.15, 0.2) is 11.6 Å². The van der Waals surface area contributed by atoms with Crippen molar-refractivity contribution in [2.75, 3.05) is 18.2 Å². The summed E-state index contributed by atoms with van der Waals surface area (Å²) in [7, 11) is 1.34. The van der Waals surface area contributed by atoms with Crippen LogP contribution in [-0.2, 0) is 11.3 Å². The quantitative estimate of drug-likeness (QED) is 0.613. The Kier molecular flexibility index (Phi) is 5.78. The van der Waals surface area contributed by atoms with Crippen molar-refractivity contribution in [3.05, 3.63) is 69.8 Å². The lowest BCUT2D eigenvalue weighted by atomic mass is 10.1. The fourth-order valence-corrected chi connectivity index (χ4v) is 2.97. The largest absolute Gasteiger partial charge is 0.465 e. The number of methoxy groups -OCH3 is 1. The molecule has 0 aliphatic rings. The number of esters is 1.